The molecule has 1 aromatic rings. The molecule has 7 heteroatoms. The van der Waals surface area contributed by atoms with Gasteiger partial charge in [-0.2, -0.15) is 0 Å². The molecule has 0 aliphatic heterocycles. The zero-order valence-electron chi connectivity index (χ0n) is 11.5. The van der Waals surface area contributed by atoms with Gasteiger partial charge in [-0.1, -0.05) is 0 Å². The first kappa shape index (κ1) is 15.7. The van der Waals surface area contributed by atoms with Crippen molar-refractivity contribution in [1.29, 1.82) is 0 Å². The Morgan fingerprint density at radius 3 is 2.47 bits per heavy atom. The standard InChI is InChI=1S/C12H19NO5S/c1-8-5-9(18-10(8)11(14)15)6-13-7-12(2,3)19(4,16)17/h5,13H,6-7H2,1-4H3,(H,14,15). The number of rotatable bonds is 6. The van der Waals surface area contributed by atoms with Crippen LogP contribution in [0.3, 0.4) is 0 Å². The van der Waals surface area contributed by atoms with Crippen molar-refractivity contribution in [3.63, 3.8) is 0 Å². The number of nitrogens with one attached hydrogen (secondary N) is 1. The van der Waals surface area contributed by atoms with Crippen LogP contribution >= 0.6 is 0 Å². The van der Waals surface area contributed by atoms with Crippen molar-refractivity contribution in [3.05, 3.63) is 23.2 Å². The molecule has 0 saturated carbocycles. The van der Waals surface area contributed by atoms with Crippen LogP contribution in [0.4, 0.5) is 0 Å². The summed E-state index contributed by atoms with van der Waals surface area (Å²) in [6.45, 7) is 5.45. The topological polar surface area (TPSA) is 96.6 Å². The van der Waals surface area contributed by atoms with Crippen LogP contribution in [-0.2, 0) is 16.4 Å². The molecule has 6 nitrogen and oxygen atoms in total. The van der Waals surface area contributed by atoms with Crippen LogP contribution in [0.2, 0.25) is 0 Å². The van der Waals surface area contributed by atoms with Crippen LogP contribution in [-0.4, -0.2) is 37.0 Å². The van der Waals surface area contributed by atoms with E-state index in [9.17, 15) is 13.2 Å². The van der Waals surface area contributed by atoms with Crippen molar-refractivity contribution in [2.24, 2.45) is 0 Å². The summed E-state index contributed by atoms with van der Waals surface area (Å²) < 4.78 is 27.3. The molecule has 0 unspecified atom stereocenters. The molecular weight excluding hydrogens is 270 g/mol. The van der Waals surface area contributed by atoms with Crippen LogP contribution in [0.1, 0.15) is 35.7 Å². The fraction of sp³-hybridized carbons (Fsp3) is 0.583. The van der Waals surface area contributed by atoms with Gasteiger partial charge in [0.2, 0.25) is 5.76 Å². The van der Waals surface area contributed by atoms with Crippen molar-refractivity contribution in [1.82, 2.24) is 5.32 Å². The van der Waals surface area contributed by atoms with E-state index in [4.69, 9.17) is 9.52 Å². The van der Waals surface area contributed by atoms with E-state index in [1.165, 1.54) is 6.26 Å². The van der Waals surface area contributed by atoms with Gasteiger partial charge < -0.3 is 14.8 Å². The lowest BCUT2D eigenvalue weighted by Gasteiger charge is -2.22. The van der Waals surface area contributed by atoms with E-state index in [1.54, 1.807) is 26.8 Å². The molecule has 0 bridgehead atoms. The number of sulfone groups is 1. The Kier molecular flexibility index (Phi) is 4.42. The molecule has 19 heavy (non-hydrogen) atoms. The van der Waals surface area contributed by atoms with E-state index in [1.807, 2.05) is 0 Å². The van der Waals surface area contributed by atoms with Gasteiger partial charge in [0.05, 0.1) is 11.3 Å². The van der Waals surface area contributed by atoms with Crippen molar-refractivity contribution >= 4 is 15.8 Å². The zero-order chi connectivity index (χ0) is 14.8. The lowest BCUT2D eigenvalue weighted by Crippen LogP contribution is -2.41. The molecule has 108 valence electrons. The molecule has 0 spiro atoms. The third-order valence-electron chi connectivity index (χ3n) is 3.02. The summed E-state index contributed by atoms with van der Waals surface area (Å²) in [6.07, 6.45) is 1.19. The lowest BCUT2D eigenvalue weighted by atomic mass is 10.2. The van der Waals surface area contributed by atoms with Gasteiger partial charge in [0.15, 0.2) is 9.84 Å². The zero-order valence-corrected chi connectivity index (χ0v) is 12.3. The van der Waals surface area contributed by atoms with Crippen LogP contribution < -0.4 is 5.32 Å². The predicted octanol–water partition coefficient (Wildman–Crippen LogP) is 1.20. The SMILES string of the molecule is Cc1cc(CNCC(C)(C)S(C)(=O)=O)oc1C(=O)O. The first-order valence-electron chi connectivity index (χ1n) is 5.77. The summed E-state index contributed by atoms with van der Waals surface area (Å²) in [5, 5.41) is 11.8. The Bertz CT molecular complexity index is 571. The predicted molar refractivity (Wildman–Crippen MR) is 71.0 cm³/mol. The van der Waals surface area contributed by atoms with Gasteiger partial charge in [0, 0.05) is 18.4 Å². The highest BCUT2D eigenvalue weighted by atomic mass is 32.2. The fourth-order valence-electron chi connectivity index (χ4n) is 1.47. The van der Waals surface area contributed by atoms with Crippen LogP contribution in [0.5, 0.6) is 0 Å². The van der Waals surface area contributed by atoms with Gasteiger partial charge in [0.25, 0.3) is 0 Å². The molecule has 0 aliphatic rings. The number of aryl methyl sites for hydroxylation is 1. The maximum atomic E-state index is 11.5. The molecule has 0 amide bonds. The smallest absolute Gasteiger partial charge is 0.372 e. The molecule has 2 N–H and O–H groups in total. The van der Waals surface area contributed by atoms with Gasteiger partial charge >= 0.3 is 5.97 Å². The van der Waals surface area contributed by atoms with Gasteiger partial charge in [-0.05, 0) is 26.8 Å². The molecule has 1 aromatic heterocycles. The van der Waals surface area contributed by atoms with Crippen LogP contribution in [0.15, 0.2) is 10.5 Å². The van der Waals surface area contributed by atoms with Crippen molar-refractivity contribution < 1.29 is 22.7 Å². The minimum atomic E-state index is -3.16. The Labute approximate surface area is 112 Å². The third-order valence-corrected chi connectivity index (χ3v) is 5.17. The normalized spacial score (nSPS) is 12.6. The highest BCUT2D eigenvalue weighted by Gasteiger charge is 2.29. The first-order valence-corrected chi connectivity index (χ1v) is 7.66. The van der Waals surface area contributed by atoms with Crippen molar-refractivity contribution in [2.75, 3.05) is 12.8 Å². The Morgan fingerprint density at radius 1 is 1.47 bits per heavy atom. The number of furan rings is 1. The maximum Gasteiger partial charge on any atom is 0.372 e. The van der Waals surface area contributed by atoms with E-state index in [-0.39, 0.29) is 18.8 Å². The minimum absolute atomic E-state index is 0.0841. The molecule has 0 atom stereocenters. The quantitative estimate of drug-likeness (QED) is 0.816. The molecule has 1 heterocycles. The summed E-state index contributed by atoms with van der Waals surface area (Å²) >= 11 is 0. The summed E-state index contributed by atoms with van der Waals surface area (Å²) in [5.41, 5.74) is 0.548. The largest absolute Gasteiger partial charge is 0.475 e. The second-order valence-electron chi connectivity index (χ2n) is 5.17. The lowest BCUT2D eigenvalue weighted by molar-refractivity contribution is 0.0659. The average Bonchev–Trinajstić information content (AvgIpc) is 2.57. The molecule has 0 aromatic carbocycles. The number of carboxylic acid groups (broad SMARTS) is 1. The summed E-state index contributed by atoms with van der Waals surface area (Å²) in [4.78, 5) is 10.8. The Hall–Kier alpha value is -1.34. The van der Waals surface area contributed by atoms with E-state index in [2.05, 4.69) is 5.32 Å². The molecule has 0 aliphatic carbocycles. The monoisotopic (exact) mass is 289 g/mol. The number of carbonyl (C=O) groups is 1. The molecule has 0 fully saturated rings. The minimum Gasteiger partial charge on any atom is -0.475 e. The molecule has 1 rings (SSSR count). The number of carboxylic acids is 1. The number of aromatic carboxylic acids is 1. The van der Waals surface area contributed by atoms with E-state index >= 15 is 0 Å². The Balaban J connectivity index is 2.64. The highest BCUT2D eigenvalue weighted by molar-refractivity contribution is 7.92. The van der Waals surface area contributed by atoms with E-state index in [0.717, 1.165) is 0 Å². The van der Waals surface area contributed by atoms with Crippen LogP contribution in [0, 0.1) is 6.92 Å². The van der Waals surface area contributed by atoms with Crippen molar-refractivity contribution in [2.45, 2.75) is 32.1 Å². The van der Waals surface area contributed by atoms with E-state index in [0.29, 0.717) is 11.3 Å². The van der Waals surface area contributed by atoms with Gasteiger partial charge in [-0.3, -0.25) is 0 Å². The summed E-state index contributed by atoms with van der Waals surface area (Å²) in [7, 11) is -3.16. The Morgan fingerprint density at radius 2 is 2.05 bits per heavy atom. The molecule has 0 saturated heterocycles. The maximum absolute atomic E-state index is 11.5. The van der Waals surface area contributed by atoms with Gasteiger partial charge in [-0.25, -0.2) is 13.2 Å². The van der Waals surface area contributed by atoms with Crippen molar-refractivity contribution in [3.8, 4) is 0 Å². The number of hydrogen-bond acceptors (Lipinski definition) is 5. The second-order valence-corrected chi connectivity index (χ2v) is 7.81. The fourth-order valence-corrected chi connectivity index (χ4v) is 1.83. The van der Waals surface area contributed by atoms with Crippen LogP contribution in [0.25, 0.3) is 0 Å². The van der Waals surface area contributed by atoms with E-state index < -0.39 is 20.6 Å². The van der Waals surface area contributed by atoms with Gasteiger partial charge in [-0.15, -0.1) is 0 Å². The number of hydrogen-bond donors (Lipinski definition) is 2. The average molecular weight is 289 g/mol. The third kappa shape index (κ3) is 3.81. The summed E-state index contributed by atoms with van der Waals surface area (Å²) in [5.74, 6) is -0.724. The first-order chi connectivity index (χ1) is 8.54. The highest BCUT2D eigenvalue weighted by Crippen LogP contribution is 2.16. The second kappa shape index (κ2) is 5.34. The molecule has 0 radical (unpaired) electrons. The molecular formula is C12H19NO5S. The van der Waals surface area contributed by atoms with Gasteiger partial charge in [0.1, 0.15) is 5.76 Å². The summed E-state index contributed by atoms with van der Waals surface area (Å²) in [6, 6.07) is 1.63.